The van der Waals surface area contributed by atoms with Gasteiger partial charge in [0.25, 0.3) is 11.5 Å². The highest BCUT2D eigenvalue weighted by Gasteiger charge is 2.42. The van der Waals surface area contributed by atoms with Gasteiger partial charge in [0.05, 0.1) is 36.8 Å². The number of nitrogens with zero attached hydrogens (tertiary/aromatic N) is 4. The number of carbonyl (C=O) groups is 2. The second-order valence-corrected chi connectivity index (χ2v) is 11.4. The number of likely N-dealkylation sites (tertiary alicyclic amines) is 1. The molecule has 0 spiro atoms. The number of hydrogen-bond donors (Lipinski definition) is 2. The lowest BCUT2D eigenvalue weighted by Gasteiger charge is -2.38. The first kappa shape index (κ1) is 28.4. The molecule has 2 fully saturated rings. The fraction of sp³-hybridized carbons (Fsp3) is 0.500. The SMILES string of the molecule is Cc1cc(Nc2nn([C@]3(CC#N)CCC(C(=O)OCC(C)C)OC3)c3cc[nH]c(=O)c23)ccc1C(=O)N1CCCC1. The molecule has 11 heteroatoms. The van der Waals surface area contributed by atoms with Crippen molar-refractivity contribution in [1.82, 2.24) is 19.7 Å². The minimum atomic E-state index is -0.878. The van der Waals surface area contributed by atoms with E-state index in [-0.39, 0.29) is 30.4 Å². The molecule has 2 saturated heterocycles. The van der Waals surface area contributed by atoms with Crippen LogP contribution in [0.25, 0.3) is 10.9 Å². The van der Waals surface area contributed by atoms with Crippen molar-refractivity contribution >= 4 is 34.3 Å². The topological polar surface area (TPSA) is 142 Å². The number of hydrogen-bond acceptors (Lipinski definition) is 8. The molecule has 2 aliphatic rings. The predicted octanol–water partition coefficient (Wildman–Crippen LogP) is 4.00. The molecule has 0 bridgehead atoms. The highest BCUT2D eigenvalue weighted by Crippen LogP contribution is 2.37. The summed E-state index contributed by atoms with van der Waals surface area (Å²) in [5, 5.41) is 18.2. The molecule has 2 aromatic heterocycles. The largest absolute Gasteiger partial charge is 0.463 e. The Bertz CT molecular complexity index is 1540. The van der Waals surface area contributed by atoms with Gasteiger partial charge in [-0.15, -0.1) is 0 Å². The maximum atomic E-state index is 13.0. The standard InChI is InChI=1S/C30H36N6O5/c1-19(2)17-40-29(39)24-8-10-30(11-12-31,18-41-24)36-23-9-13-32-27(37)25(23)26(34-36)33-21-6-7-22(20(3)16-21)28(38)35-14-4-5-15-35/h6-7,9,13,16,19,24H,4-5,8,10-11,14-15,17-18H2,1-3H3,(H,32,37)(H,33,34)/t24?,30-/m0/s1. The third kappa shape index (κ3) is 5.70. The Morgan fingerprint density at radius 1 is 1.29 bits per heavy atom. The number of rotatable bonds is 8. The number of nitriles is 1. The van der Waals surface area contributed by atoms with Crippen molar-refractivity contribution in [3.63, 3.8) is 0 Å². The number of aryl methyl sites for hydroxylation is 1. The van der Waals surface area contributed by atoms with Crippen molar-refractivity contribution < 1.29 is 19.1 Å². The Hall–Kier alpha value is -4.17. The molecular weight excluding hydrogens is 524 g/mol. The minimum Gasteiger partial charge on any atom is -0.463 e. The fourth-order valence-corrected chi connectivity index (χ4v) is 5.60. The zero-order valence-corrected chi connectivity index (χ0v) is 23.7. The molecule has 2 atom stereocenters. The van der Waals surface area contributed by atoms with Crippen LogP contribution in [-0.2, 0) is 19.8 Å². The summed E-state index contributed by atoms with van der Waals surface area (Å²) < 4.78 is 13.0. The van der Waals surface area contributed by atoms with Crippen LogP contribution in [0, 0.1) is 24.2 Å². The summed E-state index contributed by atoms with van der Waals surface area (Å²) in [7, 11) is 0. The van der Waals surface area contributed by atoms with Gasteiger partial charge in [-0.05, 0) is 68.4 Å². The third-order valence-electron chi connectivity index (χ3n) is 7.82. The molecule has 5 rings (SSSR count). The number of amides is 1. The molecule has 2 aliphatic heterocycles. The van der Waals surface area contributed by atoms with Crippen LogP contribution in [0.5, 0.6) is 0 Å². The zero-order valence-electron chi connectivity index (χ0n) is 23.7. The average molecular weight is 561 g/mol. The Morgan fingerprint density at radius 3 is 2.73 bits per heavy atom. The van der Waals surface area contributed by atoms with Gasteiger partial charge in [0, 0.05) is 30.5 Å². The summed E-state index contributed by atoms with van der Waals surface area (Å²) in [5.41, 5.74) is 1.50. The van der Waals surface area contributed by atoms with Crippen LogP contribution < -0.4 is 10.9 Å². The van der Waals surface area contributed by atoms with Gasteiger partial charge < -0.3 is 24.7 Å². The van der Waals surface area contributed by atoms with Gasteiger partial charge >= 0.3 is 5.97 Å². The van der Waals surface area contributed by atoms with Crippen molar-refractivity contribution in [3.8, 4) is 6.07 Å². The van der Waals surface area contributed by atoms with Crippen LogP contribution in [0.1, 0.15) is 61.9 Å². The lowest BCUT2D eigenvalue weighted by Crippen LogP contribution is -2.47. The maximum Gasteiger partial charge on any atom is 0.335 e. The number of anilines is 2. The van der Waals surface area contributed by atoms with Gasteiger partial charge in [0.2, 0.25) is 0 Å². The lowest BCUT2D eigenvalue weighted by atomic mass is 9.87. The average Bonchev–Trinajstić information content (AvgIpc) is 3.62. The first-order valence-corrected chi connectivity index (χ1v) is 14.2. The second kappa shape index (κ2) is 11.7. The lowest BCUT2D eigenvalue weighted by molar-refractivity contribution is -0.166. The minimum absolute atomic E-state index is 0.0276. The van der Waals surface area contributed by atoms with E-state index in [1.807, 2.05) is 31.7 Å². The summed E-state index contributed by atoms with van der Waals surface area (Å²) in [5.74, 6) is 0.163. The van der Waals surface area contributed by atoms with Crippen LogP contribution in [0.2, 0.25) is 0 Å². The summed E-state index contributed by atoms with van der Waals surface area (Å²) in [6.07, 6.45) is 3.76. The first-order chi connectivity index (χ1) is 19.7. The van der Waals surface area contributed by atoms with E-state index in [9.17, 15) is 19.6 Å². The summed E-state index contributed by atoms with van der Waals surface area (Å²) in [6.45, 7) is 7.76. The van der Waals surface area contributed by atoms with Gasteiger partial charge in [-0.25, -0.2) is 4.79 Å². The molecule has 11 nitrogen and oxygen atoms in total. The van der Waals surface area contributed by atoms with E-state index >= 15 is 0 Å². The Morgan fingerprint density at radius 2 is 2.07 bits per heavy atom. The Kier molecular flexibility index (Phi) is 8.13. The normalized spacial score (nSPS) is 20.8. The number of benzene rings is 1. The fourth-order valence-electron chi connectivity index (χ4n) is 5.60. The van der Waals surface area contributed by atoms with Gasteiger partial charge in [0.1, 0.15) is 5.39 Å². The van der Waals surface area contributed by atoms with Crippen LogP contribution >= 0.6 is 0 Å². The van der Waals surface area contributed by atoms with Crippen LogP contribution in [0.3, 0.4) is 0 Å². The monoisotopic (exact) mass is 560 g/mol. The highest BCUT2D eigenvalue weighted by molar-refractivity contribution is 5.97. The molecular formula is C30H36N6O5. The predicted molar refractivity (Wildman–Crippen MR) is 153 cm³/mol. The number of esters is 1. The van der Waals surface area contributed by atoms with Crippen molar-refractivity contribution in [3.05, 3.63) is 51.9 Å². The molecule has 0 saturated carbocycles. The van der Waals surface area contributed by atoms with E-state index in [1.54, 1.807) is 29.1 Å². The molecule has 1 unspecified atom stereocenters. The number of H-pyrrole nitrogens is 1. The first-order valence-electron chi connectivity index (χ1n) is 14.2. The molecule has 0 radical (unpaired) electrons. The van der Waals surface area contributed by atoms with E-state index in [0.29, 0.717) is 47.4 Å². The Labute approximate surface area is 238 Å². The number of carbonyl (C=O) groups excluding carboxylic acids is 2. The summed E-state index contributed by atoms with van der Waals surface area (Å²) in [4.78, 5) is 43.1. The zero-order chi connectivity index (χ0) is 29.1. The molecule has 1 amide bonds. The van der Waals surface area contributed by atoms with Crippen molar-refractivity contribution in [2.24, 2.45) is 5.92 Å². The summed E-state index contributed by atoms with van der Waals surface area (Å²) >= 11 is 0. The number of pyridine rings is 1. The molecule has 4 heterocycles. The molecule has 0 aliphatic carbocycles. The van der Waals surface area contributed by atoms with Crippen molar-refractivity contribution in [2.45, 2.75) is 64.5 Å². The maximum absolute atomic E-state index is 13.0. The van der Waals surface area contributed by atoms with Gasteiger partial charge in [-0.3, -0.25) is 14.3 Å². The van der Waals surface area contributed by atoms with Crippen molar-refractivity contribution in [2.75, 3.05) is 31.6 Å². The third-order valence-corrected chi connectivity index (χ3v) is 7.82. The molecule has 2 N–H and O–H groups in total. The van der Waals surface area contributed by atoms with Crippen LogP contribution in [0.15, 0.2) is 35.3 Å². The number of nitrogens with one attached hydrogen (secondary N) is 2. The highest BCUT2D eigenvalue weighted by atomic mass is 16.6. The quantitative estimate of drug-likeness (QED) is 0.394. The second-order valence-electron chi connectivity index (χ2n) is 11.4. The van der Waals surface area contributed by atoms with Crippen LogP contribution in [-0.4, -0.2) is 63.9 Å². The smallest absolute Gasteiger partial charge is 0.335 e. The van der Waals surface area contributed by atoms with Gasteiger partial charge in [-0.2, -0.15) is 10.4 Å². The van der Waals surface area contributed by atoms with E-state index < -0.39 is 17.6 Å². The van der Waals surface area contributed by atoms with E-state index in [2.05, 4.69) is 16.4 Å². The van der Waals surface area contributed by atoms with Gasteiger partial charge in [-0.1, -0.05) is 13.8 Å². The number of ether oxygens (including phenoxy) is 2. The summed E-state index contributed by atoms with van der Waals surface area (Å²) in [6, 6.07) is 9.47. The Balaban J connectivity index is 1.44. The van der Waals surface area contributed by atoms with E-state index in [4.69, 9.17) is 14.6 Å². The molecule has 41 heavy (non-hydrogen) atoms. The molecule has 1 aromatic carbocycles. The van der Waals surface area contributed by atoms with E-state index in [0.717, 1.165) is 31.5 Å². The van der Waals surface area contributed by atoms with Crippen LogP contribution in [0.4, 0.5) is 11.5 Å². The number of fused-ring (bicyclic) bond motifs is 1. The van der Waals surface area contributed by atoms with Gasteiger partial charge in [0.15, 0.2) is 11.9 Å². The van der Waals surface area contributed by atoms with Crippen molar-refractivity contribution in [1.29, 1.82) is 5.26 Å². The van der Waals surface area contributed by atoms with E-state index in [1.165, 1.54) is 0 Å². The number of aromatic nitrogens is 3. The number of aromatic amines is 1. The molecule has 3 aromatic rings. The molecule has 216 valence electrons.